The number of piperidine rings is 1. The van der Waals surface area contributed by atoms with E-state index in [1.165, 1.54) is 0 Å². The molecule has 1 aromatic carbocycles. The number of benzene rings is 1. The molecule has 0 aliphatic carbocycles. The largest absolute Gasteiger partial charge is 0.476 e. The van der Waals surface area contributed by atoms with Crippen molar-refractivity contribution < 1.29 is 26.7 Å². The van der Waals surface area contributed by atoms with Gasteiger partial charge >= 0.3 is 6.18 Å². The monoisotopic (exact) mass is 281 g/mol. The quantitative estimate of drug-likeness (QED) is 0.841. The van der Waals surface area contributed by atoms with Gasteiger partial charge in [0, 0.05) is 24.7 Å². The van der Waals surface area contributed by atoms with Crippen molar-refractivity contribution in [3.63, 3.8) is 0 Å². The Morgan fingerprint density at radius 2 is 1.74 bits per heavy atom. The summed E-state index contributed by atoms with van der Waals surface area (Å²) in [7, 11) is 0. The standard InChI is InChI=1S/C12H12F5NO/c13-8-4-9(14)6-10(5-8)19-11(12(15,16)17)2-1-3-18-7-11/h4-6,18H,1-3,7H2. The molecule has 0 bridgehead atoms. The number of hydrogen-bond acceptors (Lipinski definition) is 2. The molecule has 106 valence electrons. The maximum Gasteiger partial charge on any atom is 0.429 e. The maximum absolute atomic E-state index is 13.1. The molecule has 1 aliphatic heterocycles. The van der Waals surface area contributed by atoms with E-state index in [0.29, 0.717) is 12.6 Å². The first-order valence-electron chi connectivity index (χ1n) is 5.75. The summed E-state index contributed by atoms with van der Waals surface area (Å²) in [6, 6.07) is 2.06. The molecular weight excluding hydrogens is 269 g/mol. The summed E-state index contributed by atoms with van der Waals surface area (Å²) in [6.45, 7) is 0.0212. The molecule has 1 atom stereocenters. The van der Waals surface area contributed by atoms with E-state index in [4.69, 9.17) is 4.74 Å². The van der Waals surface area contributed by atoms with Gasteiger partial charge in [0.1, 0.15) is 17.4 Å². The van der Waals surface area contributed by atoms with E-state index in [-0.39, 0.29) is 12.8 Å². The Balaban J connectivity index is 2.30. The Labute approximate surface area is 106 Å². The Kier molecular flexibility index (Phi) is 3.66. The number of nitrogens with one attached hydrogen (secondary N) is 1. The molecular formula is C12H12F5NO. The van der Waals surface area contributed by atoms with Crippen molar-refractivity contribution in [1.29, 1.82) is 0 Å². The smallest absolute Gasteiger partial charge is 0.429 e. The zero-order valence-electron chi connectivity index (χ0n) is 9.86. The lowest BCUT2D eigenvalue weighted by molar-refractivity contribution is -0.253. The van der Waals surface area contributed by atoms with Crippen molar-refractivity contribution in [1.82, 2.24) is 5.32 Å². The van der Waals surface area contributed by atoms with Crippen molar-refractivity contribution in [2.75, 3.05) is 13.1 Å². The highest BCUT2D eigenvalue weighted by molar-refractivity contribution is 5.25. The number of rotatable bonds is 2. The Morgan fingerprint density at radius 3 is 2.21 bits per heavy atom. The van der Waals surface area contributed by atoms with Crippen LogP contribution in [0.2, 0.25) is 0 Å². The van der Waals surface area contributed by atoms with Gasteiger partial charge in [-0.3, -0.25) is 0 Å². The molecule has 0 spiro atoms. The lowest BCUT2D eigenvalue weighted by Gasteiger charge is -2.39. The number of hydrogen-bond donors (Lipinski definition) is 1. The van der Waals surface area contributed by atoms with E-state index in [1.54, 1.807) is 0 Å². The highest BCUT2D eigenvalue weighted by atomic mass is 19.4. The van der Waals surface area contributed by atoms with Crippen LogP contribution in [0.1, 0.15) is 12.8 Å². The minimum absolute atomic E-state index is 0.248. The minimum Gasteiger partial charge on any atom is -0.476 e. The van der Waals surface area contributed by atoms with Crippen molar-refractivity contribution in [3.05, 3.63) is 29.8 Å². The lowest BCUT2D eigenvalue weighted by atomic mass is 9.93. The lowest BCUT2D eigenvalue weighted by Crippen LogP contribution is -2.59. The molecule has 2 nitrogen and oxygen atoms in total. The maximum atomic E-state index is 13.1. The second-order valence-electron chi connectivity index (χ2n) is 4.48. The van der Waals surface area contributed by atoms with Crippen molar-refractivity contribution in [3.8, 4) is 5.75 Å². The second-order valence-corrected chi connectivity index (χ2v) is 4.48. The van der Waals surface area contributed by atoms with Crippen LogP contribution in [-0.2, 0) is 0 Å². The average Bonchev–Trinajstić information content (AvgIpc) is 2.27. The van der Waals surface area contributed by atoms with Crippen LogP contribution >= 0.6 is 0 Å². The van der Waals surface area contributed by atoms with Gasteiger partial charge in [0.15, 0.2) is 0 Å². The van der Waals surface area contributed by atoms with Gasteiger partial charge in [0.2, 0.25) is 5.60 Å². The molecule has 1 saturated heterocycles. The summed E-state index contributed by atoms with van der Waals surface area (Å²) < 4.78 is 70.3. The Morgan fingerprint density at radius 1 is 1.11 bits per heavy atom. The third-order valence-corrected chi connectivity index (χ3v) is 3.01. The van der Waals surface area contributed by atoms with Gasteiger partial charge in [0.25, 0.3) is 0 Å². The zero-order chi connectivity index (χ0) is 14.1. The van der Waals surface area contributed by atoms with Crippen molar-refractivity contribution >= 4 is 0 Å². The molecule has 1 unspecified atom stereocenters. The Bertz CT molecular complexity index is 434. The molecule has 1 fully saturated rings. The van der Waals surface area contributed by atoms with Gasteiger partial charge in [-0.1, -0.05) is 0 Å². The van der Waals surface area contributed by atoms with Crippen molar-refractivity contribution in [2.45, 2.75) is 24.6 Å². The van der Waals surface area contributed by atoms with Crippen LogP contribution in [0, 0.1) is 11.6 Å². The topological polar surface area (TPSA) is 21.3 Å². The first kappa shape index (κ1) is 14.0. The molecule has 1 N–H and O–H groups in total. The van der Waals surface area contributed by atoms with Crippen LogP contribution in [0.3, 0.4) is 0 Å². The Hall–Kier alpha value is -1.37. The summed E-state index contributed by atoms with van der Waals surface area (Å²) in [5.74, 6) is -2.41. The molecule has 1 aromatic rings. The number of ether oxygens (including phenoxy) is 1. The molecule has 1 aliphatic rings. The fraction of sp³-hybridized carbons (Fsp3) is 0.500. The van der Waals surface area contributed by atoms with E-state index in [0.717, 1.165) is 12.1 Å². The summed E-state index contributed by atoms with van der Waals surface area (Å²) in [5.41, 5.74) is -2.44. The van der Waals surface area contributed by atoms with E-state index >= 15 is 0 Å². The van der Waals surface area contributed by atoms with Crippen LogP contribution in [0.15, 0.2) is 18.2 Å². The van der Waals surface area contributed by atoms with E-state index in [2.05, 4.69) is 5.32 Å². The SMILES string of the molecule is Fc1cc(F)cc(OC2(C(F)(F)F)CCCNC2)c1. The molecule has 0 radical (unpaired) electrons. The molecule has 7 heteroatoms. The molecule has 0 saturated carbocycles. The molecule has 1 heterocycles. The van der Waals surface area contributed by atoms with Crippen LogP contribution in [0.25, 0.3) is 0 Å². The molecule has 0 aromatic heterocycles. The summed E-state index contributed by atoms with van der Waals surface area (Å²) in [4.78, 5) is 0. The number of alkyl halides is 3. The van der Waals surface area contributed by atoms with Gasteiger partial charge < -0.3 is 10.1 Å². The highest BCUT2D eigenvalue weighted by Crippen LogP contribution is 2.39. The fourth-order valence-electron chi connectivity index (χ4n) is 2.08. The van der Waals surface area contributed by atoms with E-state index < -0.39 is 35.7 Å². The first-order chi connectivity index (χ1) is 8.82. The fourth-order valence-corrected chi connectivity index (χ4v) is 2.08. The van der Waals surface area contributed by atoms with E-state index in [1.807, 2.05) is 0 Å². The predicted molar refractivity (Wildman–Crippen MR) is 57.9 cm³/mol. The molecule has 2 rings (SSSR count). The van der Waals surface area contributed by atoms with Crippen molar-refractivity contribution in [2.24, 2.45) is 0 Å². The summed E-state index contributed by atoms with van der Waals surface area (Å²) in [5, 5.41) is 2.60. The van der Waals surface area contributed by atoms with Crippen LogP contribution < -0.4 is 10.1 Å². The van der Waals surface area contributed by atoms with Gasteiger partial charge in [-0.2, -0.15) is 13.2 Å². The first-order valence-corrected chi connectivity index (χ1v) is 5.75. The summed E-state index contributed by atoms with van der Waals surface area (Å²) >= 11 is 0. The predicted octanol–water partition coefficient (Wildman–Crippen LogP) is 3.03. The number of halogens is 5. The van der Waals surface area contributed by atoms with Gasteiger partial charge in [-0.05, 0) is 19.4 Å². The van der Waals surface area contributed by atoms with Gasteiger partial charge in [-0.25, -0.2) is 8.78 Å². The van der Waals surface area contributed by atoms with E-state index in [9.17, 15) is 22.0 Å². The van der Waals surface area contributed by atoms with Crippen LogP contribution in [0.5, 0.6) is 5.75 Å². The molecule has 19 heavy (non-hydrogen) atoms. The van der Waals surface area contributed by atoms with Crippen LogP contribution in [0.4, 0.5) is 22.0 Å². The zero-order valence-corrected chi connectivity index (χ0v) is 9.86. The second kappa shape index (κ2) is 4.96. The normalized spacial score (nSPS) is 24.3. The third kappa shape index (κ3) is 2.97. The minimum atomic E-state index is -4.62. The average molecular weight is 281 g/mol. The third-order valence-electron chi connectivity index (χ3n) is 3.01. The van der Waals surface area contributed by atoms with Crippen LogP contribution in [-0.4, -0.2) is 24.9 Å². The van der Waals surface area contributed by atoms with Gasteiger partial charge in [0.05, 0.1) is 0 Å². The summed E-state index contributed by atoms with van der Waals surface area (Å²) in [6.07, 6.45) is -4.60. The highest BCUT2D eigenvalue weighted by Gasteiger charge is 2.57. The van der Waals surface area contributed by atoms with Gasteiger partial charge in [-0.15, -0.1) is 0 Å². The molecule has 0 amide bonds.